The molecule has 1 rings (SSSR count). The van der Waals surface area contributed by atoms with Gasteiger partial charge in [0.1, 0.15) is 0 Å². The first kappa shape index (κ1) is 14.5. The molecule has 1 aromatic carbocycles. The molecule has 0 aliphatic carbocycles. The highest BCUT2D eigenvalue weighted by molar-refractivity contribution is 5.77. The normalized spacial score (nSPS) is 15.1. The first-order valence-corrected chi connectivity index (χ1v) is 5.22. The lowest BCUT2D eigenvalue weighted by Crippen LogP contribution is -2.54. The molecule has 18 heavy (non-hydrogen) atoms. The average molecular weight is 260 g/mol. The lowest BCUT2D eigenvalue weighted by Gasteiger charge is -2.28. The second-order valence-corrected chi connectivity index (χ2v) is 4.13. The molecule has 100 valence electrons. The third-order valence-electron chi connectivity index (χ3n) is 2.44. The number of carbonyl (C=O) groups is 1. The number of alkyl halides is 2. The smallest absolute Gasteiger partial charge is 0.377 e. The fourth-order valence-corrected chi connectivity index (χ4v) is 1.26. The van der Waals surface area contributed by atoms with Gasteiger partial charge in [0.25, 0.3) is 0 Å². The highest BCUT2D eigenvalue weighted by Crippen LogP contribution is 2.29. The third-order valence-corrected chi connectivity index (χ3v) is 2.44. The van der Waals surface area contributed by atoms with Gasteiger partial charge in [-0.1, -0.05) is 30.3 Å². The predicted octanol–water partition coefficient (Wildman–Crippen LogP) is 1.67. The zero-order chi connectivity index (χ0) is 13.8. The van der Waals surface area contributed by atoms with Crippen molar-refractivity contribution >= 4 is 5.97 Å². The summed E-state index contributed by atoms with van der Waals surface area (Å²) in [5, 5.41) is 17.8. The highest BCUT2D eigenvalue weighted by Gasteiger charge is 2.56. The lowest BCUT2D eigenvalue weighted by molar-refractivity contribution is -0.216. The molecule has 1 aromatic rings. The van der Waals surface area contributed by atoms with Gasteiger partial charge in [-0.2, -0.15) is 8.78 Å². The van der Waals surface area contributed by atoms with E-state index in [0.29, 0.717) is 0 Å². The van der Waals surface area contributed by atoms with Gasteiger partial charge in [0, 0.05) is 0 Å². The Morgan fingerprint density at radius 2 is 1.89 bits per heavy atom. The second-order valence-electron chi connectivity index (χ2n) is 4.13. The van der Waals surface area contributed by atoms with Crippen LogP contribution in [0.15, 0.2) is 30.3 Å². The van der Waals surface area contributed by atoms with Gasteiger partial charge in [0.2, 0.25) is 0 Å². The van der Waals surface area contributed by atoms with Crippen LogP contribution in [-0.4, -0.2) is 34.3 Å². The Hall–Kier alpha value is -1.53. The summed E-state index contributed by atoms with van der Waals surface area (Å²) in [6, 6.07) is 8.75. The standard InChI is InChI=1S/C12H14F2O4/c1-11(17,12(13,14)10(15)16)8-18-7-9-5-3-2-4-6-9/h2-6,17H,7-8H2,1H3,(H,15,16). The van der Waals surface area contributed by atoms with Crippen LogP contribution in [0.5, 0.6) is 0 Å². The predicted molar refractivity (Wildman–Crippen MR) is 59.3 cm³/mol. The van der Waals surface area contributed by atoms with Crippen LogP contribution in [0.4, 0.5) is 8.78 Å². The van der Waals surface area contributed by atoms with Crippen molar-refractivity contribution in [3.8, 4) is 0 Å². The molecule has 0 aliphatic heterocycles. The summed E-state index contributed by atoms with van der Waals surface area (Å²) >= 11 is 0. The Kier molecular flexibility index (Phi) is 4.37. The topological polar surface area (TPSA) is 66.8 Å². The molecule has 0 aromatic heterocycles. The molecule has 6 heteroatoms. The van der Waals surface area contributed by atoms with E-state index >= 15 is 0 Å². The molecule has 0 heterocycles. The maximum Gasteiger partial charge on any atom is 0.377 e. The number of carboxylic acids is 1. The van der Waals surface area contributed by atoms with Crippen molar-refractivity contribution in [2.45, 2.75) is 25.1 Å². The molecule has 0 spiro atoms. The number of ether oxygens (including phenoxy) is 1. The van der Waals surface area contributed by atoms with Crippen molar-refractivity contribution in [1.29, 1.82) is 0 Å². The molecule has 1 atom stereocenters. The van der Waals surface area contributed by atoms with E-state index in [0.717, 1.165) is 12.5 Å². The van der Waals surface area contributed by atoms with Crippen molar-refractivity contribution < 1.29 is 28.5 Å². The zero-order valence-electron chi connectivity index (χ0n) is 9.77. The van der Waals surface area contributed by atoms with E-state index in [1.807, 2.05) is 0 Å². The lowest BCUT2D eigenvalue weighted by atomic mass is 9.99. The van der Waals surface area contributed by atoms with Gasteiger partial charge in [-0.15, -0.1) is 0 Å². The van der Waals surface area contributed by atoms with Crippen molar-refractivity contribution in [2.75, 3.05) is 6.61 Å². The molecule has 0 amide bonds. The monoisotopic (exact) mass is 260 g/mol. The number of hydrogen-bond acceptors (Lipinski definition) is 3. The summed E-state index contributed by atoms with van der Waals surface area (Å²) in [5.74, 6) is -6.64. The SMILES string of the molecule is CC(O)(COCc1ccccc1)C(F)(F)C(=O)O. The van der Waals surface area contributed by atoms with E-state index in [1.165, 1.54) is 0 Å². The maximum atomic E-state index is 13.1. The fraction of sp³-hybridized carbons (Fsp3) is 0.417. The molecule has 0 saturated heterocycles. The van der Waals surface area contributed by atoms with Crippen LogP contribution in [-0.2, 0) is 16.1 Å². The van der Waals surface area contributed by atoms with Crippen LogP contribution < -0.4 is 0 Å². The summed E-state index contributed by atoms with van der Waals surface area (Å²) in [6.45, 7) is -0.0278. The van der Waals surface area contributed by atoms with Crippen LogP contribution in [0, 0.1) is 0 Å². The quantitative estimate of drug-likeness (QED) is 0.816. The molecule has 0 radical (unpaired) electrons. The van der Waals surface area contributed by atoms with E-state index in [9.17, 15) is 18.7 Å². The Morgan fingerprint density at radius 3 is 2.39 bits per heavy atom. The first-order chi connectivity index (χ1) is 8.27. The number of halogens is 2. The number of aliphatic hydroxyl groups is 1. The Morgan fingerprint density at radius 1 is 1.33 bits per heavy atom. The average Bonchev–Trinajstić information content (AvgIpc) is 2.29. The van der Waals surface area contributed by atoms with Crippen molar-refractivity contribution in [2.24, 2.45) is 0 Å². The van der Waals surface area contributed by atoms with Crippen LogP contribution >= 0.6 is 0 Å². The molecule has 2 N–H and O–H groups in total. The molecule has 0 bridgehead atoms. The summed E-state index contributed by atoms with van der Waals surface area (Å²) in [5.41, 5.74) is -2.01. The van der Waals surface area contributed by atoms with E-state index in [-0.39, 0.29) is 6.61 Å². The molecule has 0 saturated carbocycles. The van der Waals surface area contributed by atoms with Gasteiger partial charge in [0.15, 0.2) is 5.60 Å². The van der Waals surface area contributed by atoms with Gasteiger partial charge in [-0.3, -0.25) is 0 Å². The summed E-state index contributed by atoms with van der Waals surface area (Å²) in [6.07, 6.45) is 0. The van der Waals surface area contributed by atoms with Crippen LogP contribution in [0.3, 0.4) is 0 Å². The molecular formula is C12H14F2O4. The van der Waals surface area contributed by atoms with E-state index < -0.39 is 24.1 Å². The number of rotatable bonds is 6. The summed E-state index contributed by atoms with van der Waals surface area (Å²) in [4.78, 5) is 10.3. The van der Waals surface area contributed by atoms with Gasteiger partial charge in [-0.05, 0) is 12.5 Å². The van der Waals surface area contributed by atoms with Gasteiger partial charge < -0.3 is 14.9 Å². The van der Waals surface area contributed by atoms with E-state index in [1.54, 1.807) is 30.3 Å². The minimum Gasteiger partial charge on any atom is -0.477 e. The Labute approximate surface area is 103 Å². The van der Waals surface area contributed by atoms with Gasteiger partial charge in [0.05, 0.1) is 13.2 Å². The molecule has 0 aliphatic rings. The van der Waals surface area contributed by atoms with Gasteiger partial charge in [-0.25, -0.2) is 4.79 Å². The molecule has 4 nitrogen and oxygen atoms in total. The maximum absolute atomic E-state index is 13.1. The van der Waals surface area contributed by atoms with Gasteiger partial charge >= 0.3 is 11.9 Å². The van der Waals surface area contributed by atoms with E-state index in [2.05, 4.69) is 0 Å². The largest absolute Gasteiger partial charge is 0.477 e. The number of benzene rings is 1. The Bertz CT molecular complexity index is 404. The molecule has 0 fully saturated rings. The van der Waals surface area contributed by atoms with Crippen molar-refractivity contribution in [3.63, 3.8) is 0 Å². The summed E-state index contributed by atoms with van der Waals surface area (Å²) < 4.78 is 31.2. The number of carboxylic acid groups (broad SMARTS) is 1. The second kappa shape index (κ2) is 5.41. The zero-order valence-corrected chi connectivity index (χ0v) is 9.77. The van der Waals surface area contributed by atoms with Crippen LogP contribution in [0.1, 0.15) is 12.5 Å². The van der Waals surface area contributed by atoms with Crippen molar-refractivity contribution in [3.05, 3.63) is 35.9 Å². The van der Waals surface area contributed by atoms with Crippen LogP contribution in [0.25, 0.3) is 0 Å². The fourth-order valence-electron chi connectivity index (χ4n) is 1.26. The number of hydrogen-bond donors (Lipinski definition) is 2. The van der Waals surface area contributed by atoms with Crippen molar-refractivity contribution in [1.82, 2.24) is 0 Å². The Balaban J connectivity index is 2.55. The summed E-state index contributed by atoms with van der Waals surface area (Å²) in [7, 11) is 0. The molecular weight excluding hydrogens is 246 g/mol. The first-order valence-electron chi connectivity index (χ1n) is 5.22. The number of aliphatic carboxylic acids is 1. The third kappa shape index (κ3) is 3.24. The van der Waals surface area contributed by atoms with E-state index in [4.69, 9.17) is 9.84 Å². The van der Waals surface area contributed by atoms with Crippen LogP contribution in [0.2, 0.25) is 0 Å². The minimum atomic E-state index is -4.26. The molecule has 1 unspecified atom stereocenters. The minimum absolute atomic E-state index is 0.0205. The highest BCUT2D eigenvalue weighted by atomic mass is 19.3.